The maximum Gasteiger partial charge on any atom is 0.122 e. The molecular formula is C13H21NO2. The maximum atomic E-state index is 5.96. The molecule has 2 N–H and O–H groups in total. The molecular weight excluding hydrogens is 202 g/mol. The molecule has 0 bridgehead atoms. The van der Waals surface area contributed by atoms with E-state index in [9.17, 15) is 0 Å². The molecule has 0 aromatic heterocycles. The zero-order valence-electron chi connectivity index (χ0n) is 10.5. The van der Waals surface area contributed by atoms with Gasteiger partial charge >= 0.3 is 0 Å². The van der Waals surface area contributed by atoms with Crippen LogP contribution >= 0.6 is 0 Å². The van der Waals surface area contributed by atoms with Gasteiger partial charge in [0.2, 0.25) is 0 Å². The van der Waals surface area contributed by atoms with Crippen molar-refractivity contribution >= 4 is 0 Å². The topological polar surface area (TPSA) is 44.5 Å². The van der Waals surface area contributed by atoms with Crippen molar-refractivity contribution in [3.63, 3.8) is 0 Å². The van der Waals surface area contributed by atoms with Crippen molar-refractivity contribution in [1.82, 2.24) is 0 Å². The summed E-state index contributed by atoms with van der Waals surface area (Å²) in [7, 11) is 3.36. The molecule has 0 saturated carbocycles. The molecule has 1 rings (SSSR count). The van der Waals surface area contributed by atoms with Gasteiger partial charge in [0.15, 0.2) is 0 Å². The minimum atomic E-state index is 0.168. The van der Waals surface area contributed by atoms with Gasteiger partial charge < -0.3 is 15.2 Å². The van der Waals surface area contributed by atoms with Gasteiger partial charge in [0, 0.05) is 6.04 Å². The van der Waals surface area contributed by atoms with Crippen LogP contribution < -0.4 is 15.2 Å². The van der Waals surface area contributed by atoms with Crippen LogP contribution in [0.3, 0.4) is 0 Å². The van der Waals surface area contributed by atoms with Crippen molar-refractivity contribution in [1.29, 1.82) is 0 Å². The Balaban J connectivity index is 3.04. The fourth-order valence-electron chi connectivity index (χ4n) is 1.70. The molecule has 1 aromatic rings. The average Bonchev–Trinajstić information content (AvgIpc) is 2.30. The van der Waals surface area contributed by atoms with E-state index in [1.807, 2.05) is 19.1 Å². The summed E-state index contributed by atoms with van der Waals surface area (Å²) in [5, 5.41) is 0. The molecule has 16 heavy (non-hydrogen) atoms. The molecule has 0 aliphatic heterocycles. The number of benzene rings is 1. The smallest absolute Gasteiger partial charge is 0.122 e. The molecule has 1 aromatic carbocycles. The summed E-state index contributed by atoms with van der Waals surface area (Å²) in [6.45, 7) is 4.09. The summed E-state index contributed by atoms with van der Waals surface area (Å²) in [4.78, 5) is 0. The fourth-order valence-corrected chi connectivity index (χ4v) is 1.70. The predicted octanol–water partition coefficient (Wildman–Crippen LogP) is 2.29. The molecule has 3 heteroatoms. The van der Waals surface area contributed by atoms with E-state index in [0.29, 0.717) is 0 Å². The summed E-state index contributed by atoms with van der Waals surface area (Å²) < 4.78 is 10.7. The molecule has 0 aliphatic rings. The Labute approximate surface area is 97.6 Å². The first-order valence-corrected chi connectivity index (χ1v) is 5.59. The minimum Gasteiger partial charge on any atom is -0.496 e. The Kier molecular flexibility index (Phi) is 4.62. The fraction of sp³-hybridized carbons (Fsp3) is 0.538. The lowest BCUT2D eigenvalue weighted by atomic mass is 10.0. The number of methoxy groups -OCH3 is 2. The normalized spacial score (nSPS) is 12.3. The van der Waals surface area contributed by atoms with Crippen LogP contribution in [0.1, 0.15) is 24.5 Å². The third-order valence-corrected chi connectivity index (χ3v) is 2.80. The molecule has 3 nitrogen and oxygen atoms in total. The largest absolute Gasteiger partial charge is 0.496 e. The van der Waals surface area contributed by atoms with Crippen LogP contribution in [-0.2, 0) is 6.42 Å². The van der Waals surface area contributed by atoms with E-state index < -0.39 is 0 Å². The van der Waals surface area contributed by atoms with Crippen LogP contribution in [0.25, 0.3) is 0 Å². The third-order valence-electron chi connectivity index (χ3n) is 2.80. The van der Waals surface area contributed by atoms with Crippen LogP contribution in [-0.4, -0.2) is 20.3 Å². The lowest BCUT2D eigenvalue weighted by Gasteiger charge is -2.15. The maximum absolute atomic E-state index is 5.96. The second-order valence-corrected chi connectivity index (χ2v) is 4.01. The van der Waals surface area contributed by atoms with Crippen molar-refractivity contribution < 1.29 is 9.47 Å². The summed E-state index contributed by atoms with van der Waals surface area (Å²) in [5.74, 6) is 1.78. The standard InChI is InChI=1S/C13H21NO2/c1-5-11(14)7-10-8-12(15-3)9(2)6-13(10)16-4/h6,8,11H,5,7,14H2,1-4H3/t11-/m1/s1. The van der Waals surface area contributed by atoms with Gasteiger partial charge in [0.05, 0.1) is 14.2 Å². The van der Waals surface area contributed by atoms with Crippen LogP contribution in [0.4, 0.5) is 0 Å². The molecule has 0 spiro atoms. The van der Waals surface area contributed by atoms with Gasteiger partial charge in [0.25, 0.3) is 0 Å². The van der Waals surface area contributed by atoms with Crippen molar-refractivity contribution in [2.24, 2.45) is 5.73 Å². The van der Waals surface area contributed by atoms with Gasteiger partial charge in [-0.1, -0.05) is 6.92 Å². The molecule has 0 fully saturated rings. The molecule has 0 radical (unpaired) electrons. The summed E-state index contributed by atoms with van der Waals surface area (Å²) in [5.41, 5.74) is 8.15. The third kappa shape index (κ3) is 2.89. The van der Waals surface area contributed by atoms with Crippen LogP contribution in [0.2, 0.25) is 0 Å². The first-order valence-electron chi connectivity index (χ1n) is 5.59. The molecule has 0 aliphatic carbocycles. The number of nitrogens with two attached hydrogens (primary N) is 1. The van der Waals surface area contributed by atoms with Crippen molar-refractivity contribution in [3.8, 4) is 11.5 Å². The van der Waals surface area contributed by atoms with Crippen molar-refractivity contribution in [2.75, 3.05) is 14.2 Å². The first kappa shape index (κ1) is 12.8. The van der Waals surface area contributed by atoms with Gasteiger partial charge in [-0.2, -0.15) is 0 Å². The molecule has 0 saturated heterocycles. The monoisotopic (exact) mass is 223 g/mol. The van der Waals surface area contributed by atoms with Crippen LogP contribution in [0, 0.1) is 6.92 Å². The van der Waals surface area contributed by atoms with Crippen molar-refractivity contribution in [3.05, 3.63) is 23.3 Å². The molecule has 0 amide bonds. The van der Waals surface area contributed by atoms with Gasteiger partial charge in [-0.25, -0.2) is 0 Å². The second-order valence-electron chi connectivity index (χ2n) is 4.01. The quantitative estimate of drug-likeness (QED) is 0.833. The number of hydrogen-bond donors (Lipinski definition) is 1. The highest BCUT2D eigenvalue weighted by atomic mass is 16.5. The number of ether oxygens (including phenoxy) is 2. The number of aryl methyl sites for hydroxylation is 1. The Bertz CT molecular complexity index is 350. The van der Waals surface area contributed by atoms with E-state index in [2.05, 4.69) is 6.92 Å². The Morgan fingerprint density at radius 2 is 1.81 bits per heavy atom. The van der Waals surface area contributed by atoms with Crippen LogP contribution in [0.15, 0.2) is 12.1 Å². The average molecular weight is 223 g/mol. The van der Waals surface area contributed by atoms with E-state index in [1.165, 1.54) is 0 Å². The molecule has 0 heterocycles. The Morgan fingerprint density at radius 1 is 1.19 bits per heavy atom. The lowest BCUT2D eigenvalue weighted by Crippen LogP contribution is -2.21. The SMILES string of the molecule is CC[C@@H](N)Cc1cc(OC)c(C)cc1OC. The lowest BCUT2D eigenvalue weighted by molar-refractivity contribution is 0.394. The number of hydrogen-bond acceptors (Lipinski definition) is 3. The second kappa shape index (κ2) is 5.75. The van der Waals surface area contributed by atoms with E-state index in [0.717, 1.165) is 35.5 Å². The summed E-state index contributed by atoms with van der Waals surface area (Å²) in [6.07, 6.45) is 1.77. The van der Waals surface area contributed by atoms with E-state index in [-0.39, 0.29) is 6.04 Å². The Hall–Kier alpha value is -1.22. The van der Waals surface area contributed by atoms with E-state index in [1.54, 1.807) is 14.2 Å². The molecule has 0 unspecified atom stereocenters. The van der Waals surface area contributed by atoms with E-state index in [4.69, 9.17) is 15.2 Å². The summed E-state index contributed by atoms with van der Waals surface area (Å²) in [6, 6.07) is 4.18. The summed E-state index contributed by atoms with van der Waals surface area (Å²) >= 11 is 0. The first-order chi connectivity index (χ1) is 7.62. The van der Waals surface area contributed by atoms with Crippen molar-refractivity contribution in [2.45, 2.75) is 32.7 Å². The highest BCUT2D eigenvalue weighted by Gasteiger charge is 2.11. The van der Waals surface area contributed by atoms with Gasteiger partial charge in [-0.05, 0) is 43.0 Å². The highest BCUT2D eigenvalue weighted by Crippen LogP contribution is 2.29. The molecule has 1 atom stereocenters. The highest BCUT2D eigenvalue weighted by molar-refractivity contribution is 5.46. The van der Waals surface area contributed by atoms with Crippen LogP contribution in [0.5, 0.6) is 11.5 Å². The minimum absolute atomic E-state index is 0.168. The van der Waals surface area contributed by atoms with E-state index >= 15 is 0 Å². The van der Waals surface area contributed by atoms with Gasteiger partial charge in [-0.15, -0.1) is 0 Å². The zero-order chi connectivity index (χ0) is 12.1. The van der Waals surface area contributed by atoms with Gasteiger partial charge in [0.1, 0.15) is 11.5 Å². The predicted molar refractivity (Wildman–Crippen MR) is 66.3 cm³/mol. The number of rotatable bonds is 5. The molecule has 90 valence electrons. The zero-order valence-corrected chi connectivity index (χ0v) is 10.5. The van der Waals surface area contributed by atoms with Gasteiger partial charge in [-0.3, -0.25) is 0 Å². The Morgan fingerprint density at radius 3 is 2.31 bits per heavy atom.